The van der Waals surface area contributed by atoms with Crippen molar-refractivity contribution >= 4 is 35.1 Å². The molecular formula is C33H43ClN2O9. The molecule has 2 aliphatic rings. The predicted octanol–water partition coefficient (Wildman–Crippen LogP) is 4.66. The number of aliphatic hydroxyl groups is 1. The second-order valence-corrected chi connectivity index (χ2v) is 12.9. The Bertz CT molecular complexity index is 1370. The van der Waals surface area contributed by atoms with Gasteiger partial charge in [-0.2, -0.15) is 0 Å². The van der Waals surface area contributed by atoms with Gasteiger partial charge in [-0.25, -0.2) is 0 Å². The van der Waals surface area contributed by atoms with Crippen molar-refractivity contribution < 1.29 is 43.5 Å². The lowest BCUT2D eigenvalue weighted by atomic mass is 9.92. The van der Waals surface area contributed by atoms with Crippen LogP contribution in [0.25, 0.3) is 0 Å². The van der Waals surface area contributed by atoms with Gasteiger partial charge in [0.25, 0.3) is 5.91 Å². The number of carbonyl (C=O) groups excluding carboxylic acids is 2. The van der Waals surface area contributed by atoms with Gasteiger partial charge >= 0.3 is 5.97 Å². The largest absolute Gasteiger partial charge is 0.493 e. The van der Waals surface area contributed by atoms with Crippen LogP contribution >= 0.6 is 11.6 Å². The second kappa shape index (κ2) is 14.8. The maximum absolute atomic E-state index is 14.4. The van der Waals surface area contributed by atoms with Gasteiger partial charge in [0.2, 0.25) is 5.91 Å². The van der Waals surface area contributed by atoms with Crippen molar-refractivity contribution in [2.45, 2.75) is 65.0 Å². The molecular weight excluding hydrogens is 604 g/mol. The van der Waals surface area contributed by atoms with Gasteiger partial charge in [0, 0.05) is 53.3 Å². The average molecular weight is 647 g/mol. The van der Waals surface area contributed by atoms with Crippen LogP contribution in [-0.4, -0.2) is 85.8 Å². The van der Waals surface area contributed by atoms with Crippen LogP contribution < -0.4 is 14.4 Å². The Kier molecular flexibility index (Phi) is 11.4. The summed E-state index contributed by atoms with van der Waals surface area (Å²) in [7, 11) is 3.05. The maximum atomic E-state index is 14.4. The van der Waals surface area contributed by atoms with Crippen molar-refractivity contribution in [1.82, 2.24) is 4.90 Å². The van der Waals surface area contributed by atoms with E-state index >= 15 is 0 Å². The van der Waals surface area contributed by atoms with Crippen LogP contribution in [0.2, 0.25) is 5.02 Å². The van der Waals surface area contributed by atoms with Crippen LogP contribution in [0.3, 0.4) is 0 Å². The molecule has 2 amide bonds. The monoisotopic (exact) mass is 646 g/mol. The molecule has 0 radical (unpaired) electrons. The molecule has 2 N–H and O–H groups in total. The molecule has 3 unspecified atom stereocenters. The number of carbonyl (C=O) groups is 3. The molecule has 0 bridgehead atoms. The van der Waals surface area contributed by atoms with Crippen LogP contribution in [-0.2, 0) is 23.9 Å². The molecule has 2 aromatic carbocycles. The first-order valence-electron chi connectivity index (χ1n) is 15.1. The molecule has 0 spiro atoms. The topological polar surface area (TPSA) is 135 Å². The number of aliphatic hydroxyl groups excluding tert-OH is 1. The van der Waals surface area contributed by atoms with Crippen molar-refractivity contribution in [3.05, 3.63) is 52.5 Å². The number of para-hydroxylation sites is 1. The van der Waals surface area contributed by atoms with E-state index in [0.29, 0.717) is 59.3 Å². The molecule has 1 fully saturated rings. The lowest BCUT2D eigenvalue weighted by molar-refractivity contribution is -0.144. The maximum Gasteiger partial charge on any atom is 0.303 e. The number of carboxylic acid groups (broad SMARTS) is 1. The summed E-state index contributed by atoms with van der Waals surface area (Å²) in [4.78, 5) is 42.6. The summed E-state index contributed by atoms with van der Waals surface area (Å²) in [5.41, 5.74) is 1.17. The van der Waals surface area contributed by atoms with E-state index in [-0.39, 0.29) is 37.8 Å². The van der Waals surface area contributed by atoms with Crippen LogP contribution in [0.1, 0.15) is 63.7 Å². The van der Waals surface area contributed by atoms with E-state index in [0.717, 1.165) is 0 Å². The summed E-state index contributed by atoms with van der Waals surface area (Å²) in [6.07, 6.45) is -1.99. The van der Waals surface area contributed by atoms with Gasteiger partial charge in [0.15, 0.2) is 17.8 Å². The Morgan fingerprint density at radius 3 is 2.42 bits per heavy atom. The number of carboxylic acids is 1. The van der Waals surface area contributed by atoms with E-state index in [1.165, 1.54) is 21.1 Å². The summed E-state index contributed by atoms with van der Waals surface area (Å²) in [6.45, 7) is 6.56. The van der Waals surface area contributed by atoms with Gasteiger partial charge in [0.1, 0.15) is 12.2 Å². The summed E-state index contributed by atoms with van der Waals surface area (Å²) in [5.74, 6) is -0.594. The first kappa shape index (κ1) is 34.5. The Balaban J connectivity index is 1.75. The molecule has 4 rings (SSSR count). The number of nitrogens with zero attached hydrogens (tertiary/aromatic N) is 2. The highest BCUT2D eigenvalue weighted by atomic mass is 35.5. The molecule has 12 heteroatoms. The number of anilines is 1. The van der Waals surface area contributed by atoms with E-state index in [4.69, 9.17) is 30.5 Å². The van der Waals surface area contributed by atoms with Crippen molar-refractivity contribution in [1.29, 1.82) is 0 Å². The minimum Gasteiger partial charge on any atom is -0.493 e. The third-order valence-electron chi connectivity index (χ3n) is 8.21. The lowest BCUT2D eigenvalue weighted by Crippen LogP contribution is -2.48. The fraction of sp³-hybridized carbons (Fsp3) is 0.545. The van der Waals surface area contributed by atoms with Crippen molar-refractivity contribution in [2.75, 3.05) is 45.4 Å². The first-order valence-corrected chi connectivity index (χ1v) is 15.5. The first-order chi connectivity index (χ1) is 21.3. The van der Waals surface area contributed by atoms with Crippen molar-refractivity contribution in [3.63, 3.8) is 0 Å². The van der Waals surface area contributed by atoms with Gasteiger partial charge in [-0.15, -0.1) is 0 Å². The number of amides is 2. The summed E-state index contributed by atoms with van der Waals surface area (Å²) >= 11 is 6.52. The number of fused-ring (bicyclic) bond motifs is 1. The van der Waals surface area contributed by atoms with Gasteiger partial charge < -0.3 is 39.0 Å². The molecule has 246 valence electrons. The van der Waals surface area contributed by atoms with Gasteiger partial charge in [-0.1, -0.05) is 37.6 Å². The highest BCUT2D eigenvalue weighted by Gasteiger charge is 2.41. The van der Waals surface area contributed by atoms with E-state index in [1.54, 1.807) is 40.1 Å². The third-order valence-corrected chi connectivity index (χ3v) is 8.45. The van der Waals surface area contributed by atoms with E-state index in [9.17, 15) is 24.6 Å². The Labute approximate surface area is 268 Å². The van der Waals surface area contributed by atoms with E-state index < -0.39 is 35.8 Å². The normalized spacial score (nSPS) is 19.9. The highest BCUT2D eigenvalue weighted by Crippen LogP contribution is 2.45. The zero-order valence-corrected chi connectivity index (χ0v) is 27.2. The molecule has 0 aromatic heterocycles. The molecule has 0 aliphatic carbocycles. The van der Waals surface area contributed by atoms with E-state index in [2.05, 4.69) is 0 Å². The smallest absolute Gasteiger partial charge is 0.303 e. The zero-order valence-electron chi connectivity index (χ0n) is 26.5. The number of aliphatic carboxylic acids is 1. The highest BCUT2D eigenvalue weighted by molar-refractivity contribution is 6.30. The average Bonchev–Trinajstić information content (AvgIpc) is 3.09. The van der Waals surface area contributed by atoms with Crippen LogP contribution in [0, 0.1) is 11.3 Å². The van der Waals surface area contributed by atoms with Crippen molar-refractivity contribution in [2.24, 2.45) is 11.3 Å². The van der Waals surface area contributed by atoms with E-state index in [1.807, 2.05) is 19.9 Å². The number of likely N-dealkylation sites (tertiary alicyclic amines) is 1. The number of methoxy groups -OCH3 is 2. The van der Waals surface area contributed by atoms with Crippen LogP contribution in [0.15, 0.2) is 36.4 Å². The van der Waals surface area contributed by atoms with Gasteiger partial charge in [-0.05, 0) is 49.9 Å². The molecule has 45 heavy (non-hydrogen) atoms. The van der Waals surface area contributed by atoms with Crippen molar-refractivity contribution in [3.8, 4) is 11.5 Å². The minimum absolute atomic E-state index is 0.00745. The fourth-order valence-corrected chi connectivity index (χ4v) is 6.15. The molecule has 2 aliphatic heterocycles. The SMILES string of the molecule is COc1cccc(C2OC(CC(=O)N3CCC(CC(=O)O)CC3)C(=O)N(CC(C)(C)COC(C)O)c3ccc(Cl)cc32)c1OC. The zero-order chi connectivity index (χ0) is 32.9. The summed E-state index contributed by atoms with van der Waals surface area (Å²) in [5, 5.41) is 19.4. The molecule has 2 heterocycles. The second-order valence-electron chi connectivity index (χ2n) is 12.4. The van der Waals surface area contributed by atoms with Gasteiger partial charge in [-0.3, -0.25) is 14.4 Å². The summed E-state index contributed by atoms with van der Waals surface area (Å²) < 4.78 is 23.4. The minimum atomic E-state index is -1.17. The fourth-order valence-electron chi connectivity index (χ4n) is 5.97. The molecule has 3 atom stereocenters. The standard InChI is InChI=1S/C33H43ClN2O9/c1-20(37)44-19-33(2,3)18-36-25-10-9-22(34)16-24(25)30(23-7-6-8-26(42-4)31(23)43-5)45-27(32(36)41)17-28(38)35-13-11-21(12-14-35)15-29(39)40/h6-10,16,20-21,27,30,37H,11-15,17-19H2,1-5H3,(H,39,40). The molecule has 1 saturated heterocycles. The number of ether oxygens (including phenoxy) is 4. The van der Waals surface area contributed by atoms with Crippen LogP contribution in [0.5, 0.6) is 11.5 Å². The Hall–Kier alpha value is -3.38. The van der Waals surface area contributed by atoms with Gasteiger partial charge in [0.05, 0.1) is 27.2 Å². The quantitative estimate of drug-likeness (QED) is 0.316. The summed E-state index contributed by atoms with van der Waals surface area (Å²) in [6, 6.07) is 10.6. The number of rotatable bonds is 12. The number of halogens is 1. The number of hydrogen-bond acceptors (Lipinski definition) is 8. The third kappa shape index (κ3) is 8.46. The number of piperidine rings is 1. The van der Waals surface area contributed by atoms with Crippen LogP contribution in [0.4, 0.5) is 5.69 Å². The molecule has 0 saturated carbocycles. The Morgan fingerprint density at radius 1 is 1.09 bits per heavy atom. The molecule has 11 nitrogen and oxygen atoms in total. The lowest BCUT2D eigenvalue weighted by Gasteiger charge is -2.35. The molecule has 2 aromatic rings. The Morgan fingerprint density at radius 2 is 1.80 bits per heavy atom. The number of hydrogen-bond donors (Lipinski definition) is 2. The number of benzene rings is 2. The predicted molar refractivity (Wildman–Crippen MR) is 168 cm³/mol.